The molecule has 0 spiro atoms. The molecule has 1 aliphatic heterocycles. The number of fused-ring (bicyclic) bond motifs is 1. The summed E-state index contributed by atoms with van der Waals surface area (Å²) in [6.07, 6.45) is 9.44. The summed E-state index contributed by atoms with van der Waals surface area (Å²) in [6.45, 7) is 5.82. The standard InChI is InChI=1S/C19H26N4OS/c1-2-14(1)7-23-13-21-17-9-22(10-18-20-5-6-25-18)8-16(19(17)23)12-24-11-15-3-4-15/h5-6,13-16H,1-4,7-12H2/t16-/m1/s1. The van der Waals surface area contributed by atoms with Gasteiger partial charge in [0.1, 0.15) is 5.01 Å². The zero-order chi connectivity index (χ0) is 16.6. The number of hydrogen-bond donors (Lipinski definition) is 0. The first-order valence-corrected chi connectivity index (χ1v) is 10.5. The lowest BCUT2D eigenvalue weighted by molar-refractivity contribution is 0.0863. The van der Waals surface area contributed by atoms with Crippen molar-refractivity contribution in [2.24, 2.45) is 11.8 Å². The molecule has 0 saturated heterocycles. The first-order chi connectivity index (χ1) is 12.3. The Morgan fingerprint density at radius 2 is 2.00 bits per heavy atom. The zero-order valence-corrected chi connectivity index (χ0v) is 15.5. The molecule has 0 aromatic carbocycles. The lowest BCUT2D eigenvalue weighted by Gasteiger charge is -2.32. The van der Waals surface area contributed by atoms with Crippen LogP contribution in [0.15, 0.2) is 17.9 Å². The van der Waals surface area contributed by atoms with Gasteiger partial charge in [0, 0.05) is 49.4 Å². The highest BCUT2D eigenvalue weighted by molar-refractivity contribution is 7.09. The van der Waals surface area contributed by atoms with E-state index in [0.29, 0.717) is 5.92 Å². The van der Waals surface area contributed by atoms with Crippen LogP contribution in [-0.4, -0.2) is 39.2 Å². The number of thiazole rings is 1. The monoisotopic (exact) mass is 358 g/mol. The second kappa shape index (κ2) is 6.82. The van der Waals surface area contributed by atoms with E-state index >= 15 is 0 Å². The van der Waals surface area contributed by atoms with Crippen LogP contribution in [0.1, 0.15) is 48.0 Å². The molecule has 25 heavy (non-hydrogen) atoms. The van der Waals surface area contributed by atoms with E-state index in [1.807, 2.05) is 6.20 Å². The first-order valence-electron chi connectivity index (χ1n) is 9.57. The Bertz CT molecular complexity index is 705. The minimum absolute atomic E-state index is 0.434. The highest BCUT2D eigenvalue weighted by atomic mass is 32.1. The van der Waals surface area contributed by atoms with Crippen molar-refractivity contribution in [2.75, 3.05) is 19.8 Å². The number of ether oxygens (including phenoxy) is 1. The van der Waals surface area contributed by atoms with Crippen LogP contribution >= 0.6 is 11.3 Å². The molecule has 2 aliphatic carbocycles. The van der Waals surface area contributed by atoms with E-state index in [4.69, 9.17) is 9.72 Å². The molecule has 0 amide bonds. The van der Waals surface area contributed by atoms with Gasteiger partial charge in [-0.25, -0.2) is 9.97 Å². The van der Waals surface area contributed by atoms with E-state index in [-0.39, 0.29) is 0 Å². The molecule has 3 heterocycles. The third kappa shape index (κ3) is 3.81. The van der Waals surface area contributed by atoms with Gasteiger partial charge in [0.05, 0.1) is 25.2 Å². The van der Waals surface area contributed by atoms with Gasteiger partial charge in [-0.3, -0.25) is 4.90 Å². The van der Waals surface area contributed by atoms with Gasteiger partial charge in [0.2, 0.25) is 0 Å². The molecule has 134 valence electrons. The summed E-state index contributed by atoms with van der Waals surface area (Å²) in [5.74, 6) is 2.13. The molecule has 2 fully saturated rings. The van der Waals surface area contributed by atoms with Crippen molar-refractivity contribution in [1.29, 1.82) is 0 Å². The maximum atomic E-state index is 6.10. The molecular formula is C19H26N4OS. The third-order valence-electron chi connectivity index (χ3n) is 5.56. The Balaban J connectivity index is 1.32. The van der Waals surface area contributed by atoms with Gasteiger partial charge >= 0.3 is 0 Å². The minimum Gasteiger partial charge on any atom is -0.380 e. The number of aromatic nitrogens is 3. The lowest BCUT2D eigenvalue weighted by Crippen LogP contribution is -2.36. The Labute approximate surface area is 153 Å². The summed E-state index contributed by atoms with van der Waals surface area (Å²) in [7, 11) is 0. The predicted octanol–water partition coefficient (Wildman–Crippen LogP) is 3.28. The van der Waals surface area contributed by atoms with Gasteiger partial charge < -0.3 is 9.30 Å². The maximum Gasteiger partial charge on any atom is 0.107 e. The van der Waals surface area contributed by atoms with Crippen LogP contribution in [0.2, 0.25) is 0 Å². The molecule has 5 nitrogen and oxygen atoms in total. The molecule has 6 heteroatoms. The van der Waals surface area contributed by atoms with Gasteiger partial charge in [0.25, 0.3) is 0 Å². The summed E-state index contributed by atoms with van der Waals surface area (Å²) in [5, 5.41) is 3.25. The Morgan fingerprint density at radius 1 is 1.12 bits per heavy atom. The summed E-state index contributed by atoms with van der Waals surface area (Å²) >= 11 is 1.74. The van der Waals surface area contributed by atoms with Gasteiger partial charge in [-0.15, -0.1) is 11.3 Å². The van der Waals surface area contributed by atoms with Crippen molar-refractivity contribution in [3.8, 4) is 0 Å². The number of rotatable bonds is 8. The second-order valence-electron chi connectivity index (χ2n) is 7.95. The molecule has 5 rings (SSSR count). The molecule has 0 bridgehead atoms. The van der Waals surface area contributed by atoms with Gasteiger partial charge in [-0.1, -0.05) is 0 Å². The van der Waals surface area contributed by atoms with Crippen LogP contribution in [0.4, 0.5) is 0 Å². The fourth-order valence-electron chi connectivity index (χ4n) is 3.86. The average Bonchev–Trinajstić information content (AvgIpc) is 3.51. The Morgan fingerprint density at radius 3 is 2.76 bits per heavy atom. The van der Waals surface area contributed by atoms with Crippen LogP contribution in [0, 0.1) is 11.8 Å². The summed E-state index contributed by atoms with van der Waals surface area (Å²) in [4.78, 5) is 11.7. The van der Waals surface area contributed by atoms with Gasteiger partial charge in [0.15, 0.2) is 0 Å². The largest absolute Gasteiger partial charge is 0.380 e. The highest BCUT2D eigenvalue weighted by Crippen LogP contribution is 2.35. The number of hydrogen-bond acceptors (Lipinski definition) is 5. The first kappa shape index (κ1) is 16.0. The summed E-state index contributed by atoms with van der Waals surface area (Å²) in [6, 6.07) is 0. The third-order valence-corrected chi connectivity index (χ3v) is 6.32. The lowest BCUT2D eigenvalue weighted by atomic mass is 9.98. The van der Waals surface area contributed by atoms with Crippen molar-refractivity contribution in [2.45, 2.75) is 51.2 Å². The van der Waals surface area contributed by atoms with E-state index < -0.39 is 0 Å². The Hall–Kier alpha value is -1.24. The number of nitrogens with zero attached hydrogens (tertiary/aromatic N) is 4. The zero-order valence-electron chi connectivity index (χ0n) is 14.6. The van der Waals surface area contributed by atoms with Crippen LogP contribution in [0.25, 0.3) is 0 Å². The molecular weight excluding hydrogens is 332 g/mol. The van der Waals surface area contributed by atoms with Crippen LogP contribution < -0.4 is 0 Å². The topological polar surface area (TPSA) is 43.2 Å². The Kier molecular flexibility index (Phi) is 4.36. The molecule has 1 atom stereocenters. The molecule has 2 saturated carbocycles. The van der Waals surface area contributed by atoms with E-state index in [9.17, 15) is 0 Å². The summed E-state index contributed by atoms with van der Waals surface area (Å²) in [5.41, 5.74) is 2.70. The maximum absolute atomic E-state index is 6.10. The molecule has 0 unspecified atom stereocenters. The fraction of sp³-hybridized carbons (Fsp3) is 0.684. The van der Waals surface area contributed by atoms with E-state index in [1.54, 1.807) is 11.3 Å². The molecule has 3 aliphatic rings. The number of imidazole rings is 1. The van der Waals surface area contributed by atoms with E-state index in [1.165, 1.54) is 42.1 Å². The normalized spacial score (nSPS) is 23.8. The van der Waals surface area contributed by atoms with E-state index in [0.717, 1.165) is 51.2 Å². The van der Waals surface area contributed by atoms with Crippen molar-refractivity contribution < 1.29 is 4.74 Å². The van der Waals surface area contributed by atoms with Crippen molar-refractivity contribution >= 4 is 11.3 Å². The molecule has 2 aromatic heterocycles. The second-order valence-corrected chi connectivity index (χ2v) is 8.92. The van der Waals surface area contributed by atoms with Crippen LogP contribution in [0.3, 0.4) is 0 Å². The van der Waals surface area contributed by atoms with Crippen molar-refractivity contribution in [3.63, 3.8) is 0 Å². The SMILES string of the molecule is c1csc(CN2Cc3ncn(CC4CC4)c3[C@@H](COCC3CC3)C2)n1. The quantitative estimate of drug-likeness (QED) is 0.726. The smallest absolute Gasteiger partial charge is 0.107 e. The molecule has 2 aromatic rings. The van der Waals surface area contributed by atoms with Crippen molar-refractivity contribution in [1.82, 2.24) is 19.4 Å². The highest BCUT2D eigenvalue weighted by Gasteiger charge is 2.32. The average molecular weight is 359 g/mol. The molecule has 0 N–H and O–H groups in total. The van der Waals surface area contributed by atoms with Crippen molar-refractivity contribution in [3.05, 3.63) is 34.3 Å². The van der Waals surface area contributed by atoms with E-state index in [2.05, 4.69) is 26.2 Å². The van der Waals surface area contributed by atoms with Gasteiger partial charge in [-0.2, -0.15) is 0 Å². The fourth-order valence-corrected chi connectivity index (χ4v) is 4.52. The summed E-state index contributed by atoms with van der Waals surface area (Å²) < 4.78 is 8.53. The predicted molar refractivity (Wildman–Crippen MR) is 97.5 cm³/mol. The van der Waals surface area contributed by atoms with Gasteiger partial charge in [-0.05, 0) is 37.5 Å². The minimum atomic E-state index is 0.434. The molecule has 0 radical (unpaired) electrons. The van der Waals surface area contributed by atoms with Crippen LogP contribution in [-0.2, 0) is 24.4 Å². The van der Waals surface area contributed by atoms with Crippen LogP contribution in [0.5, 0.6) is 0 Å².